The van der Waals surface area contributed by atoms with Gasteiger partial charge in [-0.3, -0.25) is 0 Å². The minimum atomic E-state index is 0.921. The summed E-state index contributed by atoms with van der Waals surface area (Å²) in [5.41, 5.74) is 3.41. The first-order valence-electron chi connectivity index (χ1n) is 5.15. The standard InChI is InChI=1S/C11H17BrN2S/c1-8-9(2)13-11(14-10(8)3)15-7-5-4-6-12/h4-7H2,1-3H3. The molecular formula is C11H17BrN2S. The van der Waals surface area contributed by atoms with Gasteiger partial charge in [0.15, 0.2) is 5.16 Å². The van der Waals surface area contributed by atoms with Gasteiger partial charge >= 0.3 is 0 Å². The SMILES string of the molecule is Cc1nc(SCCCCBr)nc(C)c1C. The number of alkyl halides is 1. The van der Waals surface area contributed by atoms with Crippen molar-refractivity contribution in [3.05, 3.63) is 17.0 Å². The number of hydrogen-bond acceptors (Lipinski definition) is 3. The summed E-state index contributed by atoms with van der Waals surface area (Å²) in [4.78, 5) is 8.94. The first kappa shape index (κ1) is 13.0. The van der Waals surface area contributed by atoms with Crippen molar-refractivity contribution in [3.63, 3.8) is 0 Å². The van der Waals surface area contributed by atoms with Crippen molar-refractivity contribution < 1.29 is 0 Å². The molecule has 0 aliphatic heterocycles. The van der Waals surface area contributed by atoms with Gasteiger partial charge in [-0.25, -0.2) is 9.97 Å². The minimum Gasteiger partial charge on any atom is -0.228 e. The van der Waals surface area contributed by atoms with E-state index in [1.807, 2.05) is 13.8 Å². The third-order valence-corrected chi connectivity index (χ3v) is 3.87. The van der Waals surface area contributed by atoms with Crippen LogP contribution in [0.25, 0.3) is 0 Å². The zero-order valence-electron chi connectivity index (χ0n) is 9.51. The van der Waals surface area contributed by atoms with Gasteiger partial charge in [-0.05, 0) is 39.2 Å². The third-order valence-electron chi connectivity index (χ3n) is 2.37. The second kappa shape index (κ2) is 6.48. The molecular weight excluding hydrogens is 272 g/mol. The van der Waals surface area contributed by atoms with Crippen molar-refractivity contribution in [3.8, 4) is 0 Å². The molecule has 0 saturated carbocycles. The average molecular weight is 289 g/mol. The molecule has 2 nitrogen and oxygen atoms in total. The maximum atomic E-state index is 4.47. The fraction of sp³-hybridized carbons (Fsp3) is 0.636. The van der Waals surface area contributed by atoms with Crippen LogP contribution in [0.2, 0.25) is 0 Å². The maximum absolute atomic E-state index is 4.47. The first-order valence-corrected chi connectivity index (χ1v) is 7.26. The van der Waals surface area contributed by atoms with E-state index in [1.165, 1.54) is 18.4 Å². The molecule has 15 heavy (non-hydrogen) atoms. The highest BCUT2D eigenvalue weighted by atomic mass is 79.9. The number of rotatable bonds is 5. The van der Waals surface area contributed by atoms with Crippen LogP contribution in [0, 0.1) is 20.8 Å². The summed E-state index contributed by atoms with van der Waals surface area (Å²) >= 11 is 5.18. The Morgan fingerprint density at radius 1 is 1.07 bits per heavy atom. The molecule has 0 unspecified atom stereocenters. The summed E-state index contributed by atoms with van der Waals surface area (Å²) in [6.07, 6.45) is 2.43. The molecule has 1 aromatic heterocycles. The summed E-state index contributed by atoms with van der Waals surface area (Å²) in [6.45, 7) is 6.17. The van der Waals surface area contributed by atoms with E-state index in [9.17, 15) is 0 Å². The molecule has 0 bridgehead atoms. The zero-order valence-corrected chi connectivity index (χ0v) is 11.9. The number of nitrogens with zero attached hydrogens (tertiary/aromatic N) is 2. The van der Waals surface area contributed by atoms with Crippen molar-refractivity contribution >= 4 is 27.7 Å². The quantitative estimate of drug-likeness (QED) is 0.358. The van der Waals surface area contributed by atoms with E-state index in [-0.39, 0.29) is 0 Å². The van der Waals surface area contributed by atoms with E-state index >= 15 is 0 Å². The van der Waals surface area contributed by atoms with E-state index in [4.69, 9.17) is 0 Å². The van der Waals surface area contributed by atoms with E-state index in [1.54, 1.807) is 11.8 Å². The number of unbranched alkanes of at least 4 members (excludes halogenated alkanes) is 1. The lowest BCUT2D eigenvalue weighted by atomic mass is 10.2. The second-order valence-electron chi connectivity index (χ2n) is 3.55. The van der Waals surface area contributed by atoms with Crippen molar-refractivity contribution in [1.29, 1.82) is 0 Å². The Balaban J connectivity index is 2.55. The Morgan fingerprint density at radius 3 is 2.20 bits per heavy atom. The summed E-state index contributed by atoms with van der Waals surface area (Å²) < 4.78 is 0. The predicted molar refractivity (Wildman–Crippen MR) is 70.0 cm³/mol. The predicted octanol–water partition coefficient (Wildman–Crippen LogP) is 3.67. The summed E-state index contributed by atoms with van der Waals surface area (Å²) in [5.74, 6) is 1.10. The molecule has 1 heterocycles. The van der Waals surface area contributed by atoms with Crippen LogP contribution >= 0.6 is 27.7 Å². The van der Waals surface area contributed by atoms with Gasteiger partial charge in [0.05, 0.1) is 0 Å². The maximum Gasteiger partial charge on any atom is 0.187 e. The lowest BCUT2D eigenvalue weighted by molar-refractivity contribution is 0.869. The highest BCUT2D eigenvalue weighted by molar-refractivity contribution is 9.09. The molecule has 0 saturated heterocycles. The van der Waals surface area contributed by atoms with E-state index < -0.39 is 0 Å². The van der Waals surface area contributed by atoms with Crippen LogP contribution in [0.15, 0.2) is 5.16 Å². The van der Waals surface area contributed by atoms with Crippen LogP contribution < -0.4 is 0 Å². The summed E-state index contributed by atoms with van der Waals surface area (Å²) in [7, 11) is 0. The largest absolute Gasteiger partial charge is 0.228 e. The molecule has 1 rings (SSSR count). The van der Waals surface area contributed by atoms with Crippen molar-refractivity contribution in [1.82, 2.24) is 9.97 Å². The molecule has 0 amide bonds. The molecule has 0 spiro atoms. The molecule has 0 aliphatic carbocycles. The van der Waals surface area contributed by atoms with Crippen LogP contribution in [0.4, 0.5) is 0 Å². The molecule has 1 aromatic rings. The number of aromatic nitrogens is 2. The van der Waals surface area contributed by atoms with Gasteiger partial charge in [-0.2, -0.15) is 0 Å². The Bertz CT molecular complexity index is 305. The molecule has 0 aromatic carbocycles. The van der Waals surface area contributed by atoms with Crippen LogP contribution in [0.5, 0.6) is 0 Å². The van der Waals surface area contributed by atoms with Crippen LogP contribution in [-0.2, 0) is 0 Å². The van der Waals surface area contributed by atoms with Crippen LogP contribution in [-0.4, -0.2) is 21.1 Å². The lowest BCUT2D eigenvalue weighted by Crippen LogP contribution is -1.98. The van der Waals surface area contributed by atoms with Gasteiger partial charge in [0.2, 0.25) is 0 Å². The summed E-state index contributed by atoms with van der Waals surface area (Å²) in [6, 6.07) is 0. The Labute approximate surface area is 104 Å². The first-order chi connectivity index (χ1) is 7.15. The average Bonchev–Trinajstić information content (AvgIpc) is 2.21. The highest BCUT2D eigenvalue weighted by Crippen LogP contribution is 2.18. The monoisotopic (exact) mass is 288 g/mol. The van der Waals surface area contributed by atoms with Crippen LogP contribution in [0.1, 0.15) is 29.8 Å². The molecule has 84 valence electrons. The molecule has 0 radical (unpaired) electrons. The second-order valence-corrected chi connectivity index (χ2v) is 5.40. The van der Waals surface area contributed by atoms with Gasteiger partial charge < -0.3 is 0 Å². The molecule has 0 N–H and O–H groups in total. The van der Waals surface area contributed by atoms with E-state index in [0.717, 1.165) is 27.6 Å². The molecule has 0 fully saturated rings. The van der Waals surface area contributed by atoms with E-state index in [0.29, 0.717) is 0 Å². The number of halogens is 1. The van der Waals surface area contributed by atoms with Gasteiger partial charge in [0, 0.05) is 22.5 Å². The summed E-state index contributed by atoms with van der Waals surface area (Å²) in [5, 5.41) is 2.01. The van der Waals surface area contributed by atoms with Gasteiger partial charge in [0.1, 0.15) is 0 Å². The normalized spacial score (nSPS) is 10.7. The van der Waals surface area contributed by atoms with Crippen molar-refractivity contribution in [2.24, 2.45) is 0 Å². The number of hydrogen-bond donors (Lipinski definition) is 0. The number of aryl methyl sites for hydroxylation is 2. The minimum absolute atomic E-state index is 0.921. The lowest BCUT2D eigenvalue weighted by Gasteiger charge is -2.06. The fourth-order valence-corrected chi connectivity index (χ4v) is 2.50. The fourth-order valence-electron chi connectivity index (χ4n) is 1.17. The van der Waals surface area contributed by atoms with E-state index in [2.05, 4.69) is 32.8 Å². The highest BCUT2D eigenvalue weighted by Gasteiger charge is 2.04. The van der Waals surface area contributed by atoms with Crippen molar-refractivity contribution in [2.75, 3.05) is 11.1 Å². The van der Waals surface area contributed by atoms with Crippen molar-refractivity contribution in [2.45, 2.75) is 38.8 Å². The van der Waals surface area contributed by atoms with Gasteiger partial charge in [-0.1, -0.05) is 27.7 Å². The van der Waals surface area contributed by atoms with Gasteiger partial charge in [0.25, 0.3) is 0 Å². The van der Waals surface area contributed by atoms with Crippen LogP contribution in [0.3, 0.4) is 0 Å². The molecule has 4 heteroatoms. The molecule has 0 aliphatic rings. The third kappa shape index (κ3) is 4.11. The van der Waals surface area contributed by atoms with Gasteiger partial charge in [-0.15, -0.1) is 0 Å². The Morgan fingerprint density at radius 2 is 1.67 bits per heavy atom. The Hall–Kier alpha value is -0.0900. The topological polar surface area (TPSA) is 25.8 Å². The number of thioether (sulfide) groups is 1. The smallest absolute Gasteiger partial charge is 0.187 e. The molecule has 0 atom stereocenters. The zero-order chi connectivity index (χ0) is 11.3. The Kier molecular flexibility index (Phi) is 5.61.